The summed E-state index contributed by atoms with van der Waals surface area (Å²) in [5.41, 5.74) is 1.06. The monoisotopic (exact) mass is 323 g/mol. The van der Waals surface area contributed by atoms with Gasteiger partial charge in [0, 0.05) is 28.5 Å². The summed E-state index contributed by atoms with van der Waals surface area (Å²) in [5, 5.41) is 7.40. The molecule has 0 radical (unpaired) electrons. The van der Waals surface area contributed by atoms with Crippen molar-refractivity contribution < 1.29 is 4.52 Å². The van der Waals surface area contributed by atoms with E-state index >= 15 is 0 Å². The fourth-order valence-corrected chi connectivity index (χ4v) is 2.04. The van der Waals surface area contributed by atoms with Crippen molar-refractivity contribution in [1.29, 1.82) is 0 Å². The third kappa shape index (κ3) is 4.44. The van der Waals surface area contributed by atoms with Gasteiger partial charge in [0.2, 0.25) is 11.7 Å². The van der Waals surface area contributed by atoms with Gasteiger partial charge in [-0.15, -0.1) is 0 Å². The second-order valence-electron chi connectivity index (χ2n) is 5.45. The van der Waals surface area contributed by atoms with Gasteiger partial charge in [0.15, 0.2) is 0 Å². The summed E-state index contributed by atoms with van der Waals surface area (Å²) in [5.74, 6) is 1.29. The predicted octanol–water partition coefficient (Wildman–Crippen LogP) is 3.43. The van der Waals surface area contributed by atoms with Crippen molar-refractivity contribution in [3.63, 3.8) is 0 Å². The second-order valence-corrected chi connectivity index (χ2v) is 6.36. The number of aromatic nitrogens is 2. The van der Waals surface area contributed by atoms with Crippen LogP contribution >= 0.6 is 15.9 Å². The Morgan fingerprint density at radius 1 is 1.32 bits per heavy atom. The van der Waals surface area contributed by atoms with E-state index in [0.29, 0.717) is 11.7 Å². The maximum atomic E-state index is 5.26. The molecule has 1 heterocycles. The van der Waals surface area contributed by atoms with Crippen LogP contribution in [0.5, 0.6) is 0 Å². The average molecular weight is 324 g/mol. The summed E-state index contributed by atoms with van der Waals surface area (Å²) in [6, 6.07) is 7.86. The van der Waals surface area contributed by atoms with Gasteiger partial charge in [-0.3, -0.25) is 0 Å². The fraction of sp³-hybridized carbons (Fsp3) is 0.429. The van der Waals surface area contributed by atoms with Gasteiger partial charge >= 0.3 is 0 Å². The third-order valence-electron chi connectivity index (χ3n) is 2.55. The van der Waals surface area contributed by atoms with Crippen molar-refractivity contribution in [3.05, 3.63) is 34.6 Å². The van der Waals surface area contributed by atoms with Crippen LogP contribution in [0, 0.1) is 0 Å². The number of hydrogen-bond acceptors (Lipinski definition) is 4. The molecule has 102 valence electrons. The van der Waals surface area contributed by atoms with Crippen molar-refractivity contribution in [2.45, 2.75) is 32.7 Å². The van der Waals surface area contributed by atoms with E-state index in [2.05, 4.69) is 52.2 Å². The molecule has 0 fully saturated rings. The van der Waals surface area contributed by atoms with Crippen LogP contribution in [0.1, 0.15) is 26.7 Å². The number of rotatable bonds is 4. The Balaban J connectivity index is 1.99. The molecule has 0 saturated carbocycles. The number of benzene rings is 1. The number of halogens is 1. The van der Waals surface area contributed by atoms with Crippen LogP contribution in [0.2, 0.25) is 0 Å². The molecule has 0 unspecified atom stereocenters. The molecule has 0 saturated heterocycles. The van der Waals surface area contributed by atoms with Crippen LogP contribution in [0.4, 0.5) is 0 Å². The van der Waals surface area contributed by atoms with E-state index in [1.54, 1.807) is 0 Å². The quantitative estimate of drug-likeness (QED) is 0.936. The van der Waals surface area contributed by atoms with Gasteiger partial charge in [-0.1, -0.05) is 33.2 Å². The zero-order valence-electron chi connectivity index (χ0n) is 11.4. The molecule has 0 bridgehead atoms. The Morgan fingerprint density at radius 2 is 2.11 bits per heavy atom. The molecule has 1 aromatic carbocycles. The van der Waals surface area contributed by atoms with Crippen molar-refractivity contribution in [2.24, 2.45) is 0 Å². The van der Waals surface area contributed by atoms with Crippen LogP contribution < -0.4 is 5.32 Å². The minimum Gasteiger partial charge on any atom is -0.339 e. The molecule has 0 spiro atoms. The molecule has 2 aromatic rings. The van der Waals surface area contributed by atoms with Crippen molar-refractivity contribution in [1.82, 2.24) is 15.5 Å². The largest absolute Gasteiger partial charge is 0.339 e. The van der Waals surface area contributed by atoms with E-state index in [1.165, 1.54) is 0 Å². The minimum absolute atomic E-state index is 0.104. The Labute approximate surface area is 121 Å². The maximum Gasteiger partial charge on any atom is 0.228 e. The van der Waals surface area contributed by atoms with Gasteiger partial charge in [-0.2, -0.15) is 4.98 Å². The first-order chi connectivity index (χ1) is 8.94. The minimum atomic E-state index is 0.104. The van der Waals surface area contributed by atoms with Gasteiger partial charge in [0.05, 0.1) is 0 Å². The fourth-order valence-electron chi connectivity index (χ4n) is 1.65. The average Bonchev–Trinajstić information content (AvgIpc) is 2.76. The van der Waals surface area contributed by atoms with Gasteiger partial charge in [-0.05, 0) is 32.9 Å². The third-order valence-corrected chi connectivity index (χ3v) is 3.04. The van der Waals surface area contributed by atoms with Crippen LogP contribution in [-0.4, -0.2) is 22.2 Å². The summed E-state index contributed by atoms with van der Waals surface area (Å²) < 4.78 is 6.26. The van der Waals surface area contributed by atoms with E-state index in [-0.39, 0.29) is 5.54 Å². The molecule has 1 N–H and O–H groups in total. The van der Waals surface area contributed by atoms with E-state index in [9.17, 15) is 0 Å². The molecule has 0 aliphatic rings. The number of nitrogens with one attached hydrogen (secondary N) is 1. The molecule has 2 rings (SSSR count). The first kappa shape index (κ1) is 14.2. The maximum absolute atomic E-state index is 5.26. The second kappa shape index (κ2) is 5.84. The molecule has 19 heavy (non-hydrogen) atoms. The smallest absolute Gasteiger partial charge is 0.228 e. The van der Waals surface area contributed by atoms with Crippen molar-refractivity contribution >= 4 is 15.9 Å². The van der Waals surface area contributed by atoms with E-state index in [1.807, 2.05) is 24.3 Å². The zero-order valence-corrected chi connectivity index (χ0v) is 13.0. The molecular formula is C14H18BrN3O. The lowest BCUT2D eigenvalue weighted by atomic mass is 10.1. The zero-order chi connectivity index (χ0) is 13.9. The summed E-state index contributed by atoms with van der Waals surface area (Å²) in [4.78, 5) is 4.40. The Kier molecular flexibility index (Phi) is 4.37. The van der Waals surface area contributed by atoms with Gasteiger partial charge in [-0.25, -0.2) is 0 Å². The topological polar surface area (TPSA) is 51.0 Å². The van der Waals surface area contributed by atoms with E-state index < -0.39 is 0 Å². The molecule has 0 aliphatic heterocycles. The lowest BCUT2D eigenvalue weighted by Gasteiger charge is -2.19. The van der Waals surface area contributed by atoms with Crippen molar-refractivity contribution in [2.75, 3.05) is 6.54 Å². The Hall–Kier alpha value is -1.20. The van der Waals surface area contributed by atoms with Crippen LogP contribution in [0.3, 0.4) is 0 Å². The van der Waals surface area contributed by atoms with Crippen LogP contribution in [0.25, 0.3) is 11.4 Å². The first-order valence-electron chi connectivity index (χ1n) is 6.27. The van der Waals surface area contributed by atoms with Gasteiger partial charge in [0.25, 0.3) is 0 Å². The van der Waals surface area contributed by atoms with E-state index in [4.69, 9.17) is 4.52 Å². The molecule has 0 amide bonds. The lowest BCUT2D eigenvalue weighted by molar-refractivity contribution is 0.362. The predicted molar refractivity (Wildman–Crippen MR) is 78.9 cm³/mol. The summed E-state index contributed by atoms with van der Waals surface area (Å²) >= 11 is 3.43. The molecular weight excluding hydrogens is 306 g/mol. The highest BCUT2D eigenvalue weighted by Gasteiger charge is 2.11. The molecule has 4 nitrogen and oxygen atoms in total. The van der Waals surface area contributed by atoms with Crippen LogP contribution in [-0.2, 0) is 6.42 Å². The Bertz CT molecular complexity index is 546. The van der Waals surface area contributed by atoms with Crippen molar-refractivity contribution in [3.8, 4) is 11.4 Å². The van der Waals surface area contributed by atoms with Gasteiger partial charge in [0.1, 0.15) is 0 Å². The Morgan fingerprint density at radius 3 is 2.79 bits per heavy atom. The highest BCUT2D eigenvalue weighted by molar-refractivity contribution is 9.10. The first-order valence-corrected chi connectivity index (χ1v) is 7.07. The molecule has 0 atom stereocenters. The van der Waals surface area contributed by atoms with Crippen LogP contribution in [0.15, 0.2) is 33.3 Å². The standard InChI is InChI=1S/C14H18BrN3O/c1-14(2,3)16-8-7-12-17-13(18-19-12)10-5-4-6-11(15)9-10/h4-6,9,16H,7-8H2,1-3H3. The molecule has 5 heteroatoms. The molecule has 1 aromatic heterocycles. The van der Waals surface area contributed by atoms with Gasteiger partial charge < -0.3 is 9.84 Å². The normalized spacial score (nSPS) is 11.8. The highest BCUT2D eigenvalue weighted by Crippen LogP contribution is 2.20. The highest BCUT2D eigenvalue weighted by atomic mass is 79.9. The van der Waals surface area contributed by atoms with E-state index in [0.717, 1.165) is 23.0 Å². The summed E-state index contributed by atoms with van der Waals surface area (Å²) in [6.45, 7) is 7.22. The number of hydrogen-bond donors (Lipinski definition) is 1. The molecule has 0 aliphatic carbocycles. The lowest BCUT2D eigenvalue weighted by Crippen LogP contribution is -2.37. The summed E-state index contributed by atoms with van der Waals surface area (Å²) in [7, 11) is 0. The summed E-state index contributed by atoms with van der Waals surface area (Å²) in [6.07, 6.45) is 0.734. The SMILES string of the molecule is CC(C)(C)NCCc1nc(-c2cccc(Br)c2)no1. The number of nitrogens with zero attached hydrogens (tertiary/aromatic N) is 2.